The van der Waals surface area contributed by atoms with Crippen molar-refractivity contribution in [1.82, 2.24) is 23.9 Å². The van der Waals surface area contributed by atoms with Crippen LogP contribution < -0.4 is 0 Å². The van der Waals surface area contributed by atoms with Gasteiger partial charge in [0, 0.05) is 58.2 Å². The largest absolute Gasteiger partial charge is 0.306 e. The second-order valence-electron chi connectivity index (χ2n) is 14.7. The molecule has 0 aliphatic heterocycles. The minimum absolute atomic E-state index is 0.578. The van der Waals surface area contributed by atoms with Crippen LogP contribution in [0.25, 0.3) is 120 Å². The molecular formula is C51H29N5S. The number of aromatic nitrogens is 5. The average Bonchev–Trinajstić information content (AvgIpc) is 3.95. The van der Waals surface area contributed by atoms with Crippen LogP contribution in [0.2, 0.25) is 0 Å². The first-order valence-electron chi connectivity index (χ1n) is 19.2. The van der Waals surface area contributed by atoms with Gasteiger partial charge in [-0.1, -0.05) is 152 Å². The first-order chi connectivity index (χ1) is 28.3. The fourth-order valence-corrected chi connectivity index (χ4v) is 10.5. The Hall–Kier alpha value is -7.41. The van der Waals surface area contributed by atoms with Crippen molar-refractivity contribution >= 4 is 102 Å². The van der Waals surface area contributed by atoms with Crippen molar-refractivity contribution in [3.05, 3.63) is 176 Å². The smallest absolute Gasteiger partial charge is 0.238 e. The van der Waals surface area contributed by atoms with Crippen molar-refractivity contribution in [2.75, 3.05) is 0 Å². The normalized spacial score (nSPS) is 12.2. The molecule has 0 unspecified atom stereocenters. The van der Waals surface area contributed by atoms with E-state index in [1.54, 1.807) is 0 Å². The SMILES string of the molecule is c1ccc(-c2nc(-c3ccccc3)nc(-n3c4ccccc4c4ccc5c6ccc7sc8cccc9c%10ccccc%10c%10ccccc%10n(c6c7c89)c5c43)n2)cc1. The van der Waals surface area contributed by atoms with Crippen molar-refractivity contribution in [2.24, 2.45) is 0 Å². The lowest BCUT2D eigenvalue weighted by Gasteiger charge is -2.12. The van der Waals surface area contributed by atoms with Gasteiger partial charge in [0.15, 0.2) is 11.6 Å². The number of thiophene rings is 1. The molecule has 0 saturated heterocycles. The van der Waals surface area contributed by atoms with Gasteiger partial charge in [0.25, 0.3) is 0 Å². The number of benzene rings is 8. The maximum atomic E-state index is 5.32. The highest BCUT2D eigenvalue weighted by atomic mass is 32.1. The number of rotatable bonds is 3. The van der Waals surface area contributed by atoms with Gasteiger partial charge in [-0.2, -0.15) is 9.97 Å². The monoisotopic (exact) mass is 743 g/mol. The van der Waals surface area contributed by atoms with E-state index in [1.165, 1.54) is 58.0 Å². The highest BCUT2D eigenvalue weighted by molar-refractivity contribution is 7.26. The highest BCUT2D eigenvalue weighted by Gasteiger charge is 2.25. The highest BCUT2D eigenvalue weighted by Crippen LogP contribution is 2.48. The lowest BCUT2D eigenvalue weighted by Crippen LogP contribution is -2.06. The van der Waals surface area contributed by atoms with E-state index < -0.39 is 0 Å². The lowest BCUT2D eigenvalue weighted by atomic mass is 10.0. The molecule has 5 aromatic heterocycles. The minimum atomic E-state index is 0.578. The van der Waals surface area contributed by atoms with Gasteiger partial charge in [-0.25, -0.2) is 4.98 Å². The van der Waals surface area contributed by atoms with Crippen molar-refractivity contribution < 1.29 is 0 Å². The molecule has 5 nitrogen and oxygen atoms in total. The van der Waals surface area contributed by atoms with E-state index in [0.717, 1.165) is 44.0 Å². The number of fused-ring (bicyclic) bond motifs is 12. The zero-order chi connectivity index (χ0) is 37.2. The fourth-order valence-electron chi connectivity index (χ4n) is 9.36. The average molecular weight is 744 g/mol. The molecule has 0 aliphatic carbocycles. The predicted octanol–water partition coefficient (Wildman–Crippen LogP) is 13.5. The Labute approximate surface area is 329 Å². The summed E-state index contributed by atoms with van der Waals surface area (Å²) >= 11 is 1.88. The minimum Gasteiger partial charge on any atom is -0.306 e. The van der Waals surface area contributed by atoms with Crippen LogP contribution >= 0.6 is 11.3 Å². The molecule has 0 saturated carbocycles. The van der Waals surface area contributed by atoms with E-state index in [2.05, 4.69) is 148 Å². The van der Waals surface area contributed by atoms with Gasteiger partial charge in [-0.05, 0) is 40.4 Å². The van der Waals surface area contributed by atoms with E-state index in [9.17, 15) is 0 Å². The van der Waals surface area contributed by atoms with E-state index in [4.69, 9.17) is 15.0 Å². The van der Waals surface area contributed by atoms with Crippen LogP contribution in [-0.2, 0) is 0 Å². The zero-order valence-corrected chi connectivity index (χ0v) is 31.2. The third-order valence-corrected chi connectivity index (χ3v) is 12.8. The van der Waals surface area contributed by atoms with Crippen LogP contribution in [0.3, 0.4) is 0 Å². The standard InChI is InChI=1S/C51H29N5S/c1-3-14-30(15-4-1)49-52-50(31-16-5-2-6-17-31)54-51(53-49)56-41-24-12-10-21-35(41)37-26-27-39-38-28-29-43-45-44-36(22-13-25-42(44)57-43)33-19-8-7-18-32(33)34-20-9-11-23-40(34)55(46(38)45)47(39)48(37)56/h1-29H. The Morgan fingerprint density at radius 1 is 0.333 bits per heavy atom. The molecule has 0 spiro atoms. The van der Waals surface area contributed by atoms with Crippen LogP contribution in [-0.4, -0.2) is 23.9 Å². The summed E-state index contributed by atoms with van der Waals surface area (Å²) in [5.41, 5.74) is 7.45. The number of hydrogen-bond acceptors (Lipinski definition) is 4. The summed E-state index contributed by atoms with van der Waals surface area (Å²) in [5.74, 6) is 1.84. The Kier molecular flexibility index (Phi) is 6.26. The van der Waals surface area contributed by atoms with Gasteiger partial charge in [-0.15, -0.1) is 11.3 Å². The third-order valence-electron chi connectivity index (χ3n) is 11.7. The van der Waals surface area contributed by atoms with Crippen molar-refractivity contribution in [3.8, 4) is 28.7 Å². The molecule has 8 aromatic carbocycles. The molecule has 5 heterocycles. The zero-order valence-electron chi connectivity index (χ0n) is 30.4. The van der Waals surface area contributed by atoms with Crippen molar-refractivity contribution in [3.63, 3.8) is 0 Å². The molecule has 13 aromatic rings. The van der Waals surface area contributed by atoms with E-state index in [0.29, 0.717) is 17.6 Å². The fraction of sp³-hybridized carbons (Fsp3) is 0. The second kappa shape index (κ2) is 11.6. The summed E-state index contributed by atoms with van der Waals surface area (Å²) < 4.78 is 7.41. The number of hydrogen-bond donors (Lipinski definition) is 0. The summed E-state index contributed by atoms with van der Waals surface area (Å²) in [6.07, 6.45) is 0. The summed E-state index contributed by atoms with van der Waals surface area (Å²) in [7, 11) is 0. The van der Waals surface area contributed by atoms with Crippen LogP contribution in [0, 0.1) is 0 Å². The molecule has 0 amide bonds. The van der Waals surface area contributed by atoms with E-state index in [1.807, 2.05) is 47.7 Å². The Morgan fingerprint density at radius 2 is 0.842 bits per heavy atom. The lowest BCUT2D eigenvalue weighted by molar-refractivity contribution is 0.954. The molecule has 0 radical (unpaired) electrons. The van der Waals surface area contributed by atoms with Gasteiger partial charge < -0.3 is 4.40 Å². The quantitative estimate of drug-likeness (QED) is 0.181. The molecule has 0 bridgehead atoms. The van der Waals surface area contributed by atoms with Crippen molar-refractivity contribution in [2.45, 2.75) is 0 Å². The Bertz CT molecular complexity index is 3750. The predicted molar refractivity (Wildman–Crippen MR) is 239 cm³/mol. The number of nitrogens with zero attached hydrogens (tertiary/aromatic N) is 5. The summed E-state index contributed by atoms with van der Waals surface area (Å²) in [6.45, 7) is 0. The third kappa shape index (κ3) is 4.25. The first-order valence-corrected chi connectivity index (χ1v) is 20.0. The van der Waals surface area contributed by atoms with E-state index in [-0.39, 0.29) is 0 Å². The van der Waals surface area contributed by atoms with Crippen LogP contribution in [0.15, 0.2) is 176 Å². The second-order valence-corrected chi connectivity index (χ2v) is 15.8. The van der Waals surface area contributed by atoms with Crippen LogP contribution in [0.5, 0.6) is 0 Å². The molecule has 0 fully saturated rings. The first kappa shape index (κ1) is 30.9. The summed E-state index contributed by atoms with van der Waals surface area (Å²) in [6, 6.07) is 63.0. The molecule has 0 aliphatic rings. The molecule has 6 heteroatoms. The Balaban J connectivity index is 1.32. The maximum Gasteiger partial charge on any atom is 0.238 e. The molecule has 13 rings (SSSR count). The van der Waals surface area contributed by atoms with Gasteiger partial charge in [0.2, 0.25) is 5.95 Å². The topological polar surface area (TPSA) is 48.0 Å². The number of para-hydroxylation sites is 2. The summed E-state index contributed by atoms with van der Waals surface area (Å²) in [5, 5.41) is 12.2. The van der Waals surface area contributed by atoms with Crippen LogP contribution in [0.4, 0.5) is 0 Å². The van der Waals surface area contributed by atoms with Gasteiger partial charge >= 0.3 is 0 Å². The summed E-state index contributed by atoms with van der Waals surface area (Å²) in [4.78, 5) is 15.7. The molecule has 264 valence electrons. The van der Waals surface area contributed by atoms with Gasteiger partial charge in [-0.3, -0.25) is 4.57 Å². The molecular weight excluding hydrogens is 715 g/mol. The molecule has 57 heavy (non-hydrogen) atoms. The van der Waals surface area contributed by atoms with Gasteiger partial charge in [0.1, 0.15) is 0 Å². The molecule has 0 atom stereocenters. The van der Waals surface area contributed by atoms with Crippen LogP contribution in [0.1, 0.15) is 0 Å². The van der Waals surface area contributed by atoms with Gasteiger partial charge in [0.05, 0.1) is 27.6 Å². The Morgan fingerprint density at radius 3 is 1.54 bits per heavy atom. The van der Waals surface area contributed by atoms with E-state index >= 15 is 0 Å². The van der Waals surface area contributed by atoms with Crippen molar-refractivity contribution in [1.29, 1.82) is 0 Å². The molecule has 0 N–H and O–H groups in total. The maximum absolute atomic E-state index is 5.32.